The molecule has 5 heteroatoms. The number of nitrogens with two attached hydrogens (primary N) is 1. The third kappa shape index (κ3) is 2.23. The molecule has 21 heavy (non-hydrogen) atoms. The number of benzene rings is 1. The Hall–Kier alpha value is -2.14. The summed E-state index contributed by atoms with van der Waals surface area (Å²) >= 11 is 1.65. The van der Waals surface area contributed by atoms with Crippen molar-refractivity contribution in [3.8, 4) is 17.1 Å². The van der Waals surface area contributed by atoms with Crippen LogP contribution in [0.15, 0.2) is 18.2 Å². The van der Waals surface area contributed by atoms with Crippen molar-refractivity contribution >= 4 is 27.4 Å². The summed E-state index contributed by atoms with van der Waals surface area (Å²) in [5, 5.41) is 0.965. The van der Waals surface area contributed by atoms with Crippen LogP contribution < -0.4 is 10.5 Å². The Balaban J connectivity index is 2.26. The third-order valence-corrected chi connectivity index (χ3v) is 4.76. The zero-order valence-electron chi connectivity index (χ0n) is 12.5. The van der Waals surface area contributed by atoms with Gasteiger partial charge in [0, 0.05) is 4.88 Å². The topological polar surface area (TPSA) is 61.0 Å². The van der Waals surface area contributed by atoms with E-state index in [0.29, 0.717) is 11.6 Å². The number of anilines is 1. The van der Waals surface area contributed by atoms with Crippen molar-refractivity contribution in [1.82, 2.24) is 9.97 Å². The molecule has 0 saturated carbocycles. The highest BCUT2D eigenvalue weighted by molar-refractivity contribution is 7.18. The zero-order chi connectivity index (χ0) is 15.1. The van der Waals surface area contributed by atoms with Gasteiger partial charge < -0.3 is 10.5 Å². The van der Waals surface area contributed by atoms with Crippen molar-refractivity contribution in [1.29, 1.82) is 0 Å². The Bertz CT molecular complexity index is 839. The van der Waals surface area contributed by atoms with E-state index in [1.807, 2.05) is 25.1 Å². The van der Waals surface area contributed by atoms with Gasteiger partial charge in [-0.25, -0.2) is 9.97 Å². The maximum Gasteiger partial charge on any atom is 0.166 e. The highest BCUT2D eigenvalue weighted by Gasteiger charge is 2.15. The summed E-state index contributed by atoms with van der Waals surface area (Å²) < 4.78 is 5.44. The first-order valence-corrected chi connectivity index (χ1v) is 7.51. The lowest BCUT2D eigenvalue weighted by atomic mass is 10.1. The number of fused-ring (bicyclic) bond motifs is 1. The normalized spacial score (nSPS) is 11.0. The van der Waals surface area contributed by atoms with Crippen LogP contribution in [0.2, 0.25) is 0 Å². The Labute approximate surface area is 127 Å². The second kappa shape index (κ2) is 5.00. The second-order valence-corrected chi connectivity index (χ2v) is 6.30. The van der Waals surface area contributed by atoms with Crippen LogP contribution in [0.4, 0.5) is 5.82 Å². The fraction of sp³-hybridized carbons (Fsp3) is 0.250. The van der Waals surface area contributed by atoms with Crippen LogP contribution in [0.25, 0.3) is 21.6 Å². The van der Waals surface area contributed by atoms with Gasteiger partial charge in [0.05, 0.1) is 18.1 Å². The Morgan fingerprint density at radius 1 is 1.14 bits per heavy atom. The molecule has 0 saturated heterocycles. The summed E-state index contributed by atoms with van der Waals surface area (Å²) in [6.45, 7) is 6.16. The molecule has 0 aliphatic rings. The number of ether oxygens (including phenoxy) is 1. The predicted octanol–water partition coefficient (Wildman–Crippen LogP) is 3.87. The number of hydrogen-bond donors (Lipinski definition) is 1. The maximum absolute atomic E-state index is 6.14. The van der Waals surface area contributed by atoms with E-state index in [4.69, 9.17) is 10.5 Å². The SMILES string of the molecule is COc1cc(C)ccc1-c1nc(N)c2c(C)c(C)sc2n1. The molecule has 0 bridgehead atoms. The summed E-state index contributed by atoms with van der Waals surface area (Å²) in [5.74, 6) is 1.90. The minimum absolute atomic E-state index is 0.527. The van der Waals surface area contributed by atoms with Crippen LogP contribution >= 0.6 is 11.3 Å². The average Bonchev–Trinajstić information content (AvgIpc) is 2.74. The molecule has 0 aliphatic carbocycles. The zero-order valence-corrected chi connectivity index (χ0v) is 13.3. The van der Waals surface area contributed by atoms with Crippen LogP contribution in [-0.4, -0.2) is 17.1 Å². The van der Waals surface area contributed by atoms with Gasteiger partial charge in [-0.1, -0.05) is 6.07 Å². The third-order valence-electron chi connectivity index (χ3n) is 3.65. The monoisotopic (exact) mass is 299 g/mol. The van der Waals surface area contributed by atoms with E-state index in [0.717, 1.165) is 32.7 Å². The second-order valence-electron chi connectivity index (χ2n) is 5.10. The lowest BCUT2D eigenvalue weighted by Gasteiger charge is -2.09. The van der Waals surface area contributed by atoms with E-state index in [-0.39, 0.29) is 0 Å². The molecule has 2 heterocycles. The molecule has 2 aromatic heterocycles. The number of aryl methyl sites for hydroxylation is 3. The van der Waals surface area contributed by atoms with E-state index >= 15 is 0 Å². The van der Waals surface area contributed by atoms with Crippen LogP contribution in [0, 0.1) is 20.8 Å². The summed E-state index contributed by atoms with van der Waals surface area (Å²) in [6.07, 6.45) is 0. The number of hydrogen-bond acceptors (Lipinski definition) is 5. The first kappa shape index (κ1) is 13.8. The largest absolute Gasteiger partial charge is 0.496 e. The van der Waals surface area contributed by atoms with Gasteiger partial charge in [0.1, 0.15) is 16.4 Å². The highest BCUT2D eigenvalue weighted by Crippen LogP contribution is 2.35. The van der Waals surface area contributed by atoms with Gasteiger partial charge in [-0.05, 0) is 44.0 Å². The maximum atomic E-state index is 6.14. The van der Waals surface area contributed by atoms with Crippen molar-refractivity contribution in [2.24, 2.45) is 0 Å². The molecule has 0 fully saturated rings. The number of nitrogen functional groups attached to an aromatic ring is 1. The van der Waals surface area contributed by atoms with Crippen molar-refractivity contribution in [3.63, 3.8) is 0 Å². The summed E-state index contributed by atoms with van der Waals surface area (Å²) in [6, 6.07) is 5.97. The highest BCUT2D eigenvalue weighted by atomic mass is 32.1. The fourth-order valence-electron chi connectivity index (χ4n) is 2.38. The molecule has 3 aromatic rings. The number of thiophene rings is 1. The first-order chi connectivity index (χ1) is 10.0. The molecule has 2 N–H and O–H groups in total. The molecule has 0 aliphatic heterocycles. The molecule has 3 rings (SSSR count). The lowest BCUT2D eigenvalue weighted by molar-refractivity contribution is 0.416. The Morgan fingerprint density at radius 3 is 2.62 bits per heavy atom. The van der Waals surface area contributed by atoms with Crippen LogP contribution in [0.3, 0.4) is 0 Å². The van der Waals surface area contributed by atoms with E-state index in [1.54, 1.807) is 18.4 Å². The van der Waals surface area contributed by atoms with Gasteiger partial charge >= 0.3 is 0 Å². The van der Waals surface area contributed by atoms with Crippen molar-refractivity contribution < 1.29 is 4.74 Å². The summed E-state index contributed by atoms with van der Waals surface area (Å²) in [4.78, 5) is 11.3. The van der Waals surface area contributed by atoms with Crippen molar-refractivity contribution in [2.45, 2.75) is 20.8 Å². The van der Waals surface area contributed by atoms with Crippen molar-refractivity contribution in [2.75, 3.05) is 12.8 Å². The van der Waals surface area contributed by atoms with E-state index in [1.165, 1.54) is 4.88 Å². The van der Waals surface area contributed by atoms with Gasteiger partial charge in [0.2, 0.25) is 0 Å². The number of rotatable bonds is 2. The van der Waals surface area contributed by atoms with Gasteiger partial charge in [-0.15, -0.1) is 11.3 Å². The number of aromatic nitrogens is 2. The van der Waals surface area contributed by atoms with Gasteiger partial charge in [0.25, 0.3) is 0 Å². The number of methoxy groups -OCH3 is 1. The molecule has 0 atom stereocenters. The van der Waals surface area contributed by atoms with E-state index in [2.05, 4.69) is 23.8 Å². The smallest absolute Gasteiger partial charge is 0.166 e. The van der Waals surface area contributed by atoms with Gasteiger partial charge in [-0.2, -0.15) is 0 Å². The van der Waals surface area contributed by atoms with E-state index < -0.39 is 0 Å². The Kier molecular flexibility index (Phi) is 3.29. The van der Waals surface area contributed by atoms with Crippen LogP contribution in [0.5, 0.6) is 5.75 Å². The lowest BCUT2D eigenvalue weighted by Crippen LogP contribution is -1.98. The first-order valence-electron chi connectivity index (χ1n) is 6.69. The summed E-state index contributed by atoms with van der Waals surface area (Å²) in [5.41, 5.74) is 9.30. The van der Waals surface area contributed by atoms with Crippen molar-refractivity contribution in [3.05, 3.63) is 34.2 Å². The minimum Gasteiger partial charge on any atom is -0.496 e. The van der Waals surface area contributed by atoms with Gasteiger partial charge in [0.15, 0.2) is 5.82 Å². The molecule has 0 amide bonds. The molecule has 0 unspecified atom stereocenters. The van der Waals surface area contributed by atoms with Crippen LogP contribution in [0.1, 0.15) is 16.0 Å². The fourth-order valence-corrected chi connectivity index (χ4v) is 3.42. The standard InChI is InChI=1S/C16H17N3OS/c1-8-5-6-11(12(7-8)20-4)15-18-14(17)13-9(2)10(3)21-16(13)19-15/h5-7H,1-4H3,(H2,17,18,19). The quantitative estimate of drug-likeness (QED) is 0.780. The minimum atomic E-state index is 0.527. The van der Waals surface area contributed by atoms with Crippen LogP contribution in [-0.2, 0) is 0 Å². The molecular formula is C16H17N3OS. The van der Waals surface area contributed by atoms with Gasteiger partial charge in [-0.3, -0.25) is 0 Å². The summed E-state index contributed by atoms with van der Waals surface area (Å²) in [7, 11) is 1.65. The molecular weight excluding hydrogens is 282 g/mol. The molecule has 0 radical (unpaired) electrons. The predicted molar refractivity (Wildman–Crippen MR) is 88.0 cm³/mol. The number of nitrogens with zero attached hydrogens (tertiary/aromatic N) is 2. The molecule has 4 nitrogen and oxygen atoms in total. The average molecular weight is 299 g/mol. The molecule has 1 aromatic carbocycles. The van der Waals surface area contributed by atoms with E-state index in [9.17, 15) is 0 Å². The molecule has 108 valence electrons. The molecule has 0 spiro atoms. The Morgan fingerprint density at radius 2 is 1.90 bits per heavy atom.